The highest BCUT2D eigenvalue weighted by Gasteiger charge is 2.33. The lowest BCUT2D eigenvalue weighted by Crippen LogP contribution is -2.34. The van der Waals surface area contributed by atoms with Crippen LogP contribution in [0.2, 0.25) is 0 Å². The molecule has 1 aromatic heterocycles. The maximum absolute atomic E-state index is 13.3. The van der Waals surface area contributed by atoms with Crippen LogP contribution in [0.4, 0.5) is 25.0 Å². The number of aryl methyl sites for hydroxylation is 1. The fourth-order valence-electron chi connectivity index (χ4n) is 3.40. The van der Waals surface area contributed by atoms with Crippen molar-refractivity contribution in [3.63, 3.8) is 0 Å². The van der Waals surface area contributed by atoms with Gasteiger partial charge in [-0.15, -0.1) is 10.2 Å². The van der Waals surface area contributed by atoms with E-state index in [1.165, 1.54) is 6.07 Å². The molecule has 0 unspecified atom stereocenters. The Morgan fingerprint density at radius 1 is 1.06 bits per heavy atom. The zero-order valence-electron chi connectivity index (χ0n) is 16.6. The van der Waals surface area contributed by atoms with Gasteiger partial charge in [-0.25, -0.2) is 13.6 Å². The van der Waals surface area contributed by atoms with Crippen molar-refractivity contribution in [2.75, 3.05) is 17.2 Å². The number of anilines is 2. The van der Waals surface area contributed by atoms with E-state index in [2.05, 4.69) is 20.8 Å². The minimum Gasteiger partial charge on any atom is -0.320 e. The van der Waals surface area contributed by atoms with Crippen molar-refractivity contribution in [2.45, 2.75) is 25.8 Å². The minimum atomic E-state index is -1.06. The predicted octanol–water partition coefficient (Wildman–Crippen LogP) is 4.75. The molecule has 160 valence electrons. The molecular formula is C21H19F2N5O2S. The first-order valence-electron chi connectivity index (χ1n) is 9.65. The van der Waals surface area contributed by atoms with Crippen molar-refractivity contribution in [3.8, 4) is 0 Å². The molecule has 31 heavy (non-hydrogen) atoms. The maximum atomic E-state index is 13.3. The van der Waals surface area contributed by atoms with Crippen LogP contribution in [0.25, 0.3) is 0 Å². The third-order valence-electron chi connectivity index (χ3n) is 4.88. The molecule has 1 aliphatic rings. The molecule has 1 aliphatic heterocycles. The van der Waals surface area contributed by atoms with Crippen molar-refractivity contribution < 1.29 is 18.4 Å². The van der Waals surface area contributed by atoms with Crippen molar-refractivity contribution in [2.24, 2.45) is 0 Å². The number of urea groups is 1. The molecule has 0 saturated carbocycles. The van der Waals surface area contributed by atoms with E-state index in [1.54, 1.807) is 4.90 Å². The Bertz CT molecular complexity index is 1140. The van der Waals surface area contributed by atoms with E-state index in [0.29, 0.717) is 23.7 Å². The summed E-state index contributed by atoms with van der Waals surface area (Å²) in [5.74, 6) is -2.64. The fourth-order valence-corrected chi connectivity index (χ4v) is 4.29. The summed E-state index contributed by atoms with van der Waals surface area (Å²) in [6, 6.07) is 10.1. The molecule has 1 fully saturated rings. The third-order valence-corrected chi connectivity index (χ3v) is 5.90. The summed E-state index contributed by atoms with van der Waals surface area (Å²) in [4.78, 5) is 26.9. The van der Waals surface area contributed by atoms with Gasteiger partial charge in [-0.1, -0.05) is 23.5 Å². The van der Waals surface area contributed by atoms with Crippen molar-refractivity contribution in [1.82, 2.24) is 15.1 Å². The summed E-state index contributed by atoms with van der Waals surface area (Å²) in [6.45, 7) is 2.51. The van der Waals surface area contributed by atoms with Gasteiger partial charge >= 0.3 is 6.03 Å². The molecular weight excluding hydrogens is 424 g/mol. The van der Waals surface area contributed by atoms with Crippen molar-refractivity contribution in [3.05, 3.63) is 69.7 Å². The van der Waals surface area contributed by atoms with Crippen LogP contribution >= 0.6 is 11.3 Å². The van der Waals surface area contributed by atoms with Gasteiger partial charge < -0.3 is 15.5 Å². The van der Waals surface area contributed by atoms with Crippen LogP contribution in [0.5, 0.6) is 0 Å². The van der Waals surface area contributed by atoms with Gasteiger partial charge in [0.05, 0.1) is 6.04 Å². The Labute approximate surface area is 181 Å². The molecule has 3 aromatic rings. The lowest BCUT2D eigenvalue weighted by atomic mass is 10.2. The summed E-state index contributed by atoms with van der Waals surface area (Å²) < 4.78 is 26.4. The monoisotopic (exact) mass is 443 g/mol. The lowest BCUT2D eigenvalue weighted by Gasteiger charge is -2.23. The first kappa shape index (κ1) is 20.9. The van der Waals surface area contributed by atoms with Crippen molar-refractivity contribution >= 4 is 34.6 Å². The van der Waals surface area contributed by atoms with Gasteiger partial charge in [-0.2, -0.15) is 0 Å². The fraction of sp³-hybridized carbons (Fsp3) is 0.238. The highest BCUT2D eigenvalue weighted by Crippen LogP contribution is 2.34. The lowest BCUT2D eigenvalue weighted by molar-refractivity contribution is 0.102. The largest absolute Gasteiger partial charge is 0.322 e. The molecule has 10 heteroatoms. The zero-order chi connectivity index (χ0) is 22.0. The van der Waals surface area contributed by atoms with Crippen molar-refractivity contribution in [1.29, 1.82) is 0 Å². The number of aromatic nitrogens is 2. The highest BCUT2D eigenvalue weighted by molar-refractivity contribution is 7.13. The standard InChI is InChI=1S/C21H19F2N5O2S/c1-12-4-2-5-13(10-12)25-21(30)28-9-3-6-17(28)19-26-27-20(31-19)18(29)24-14-7-8-15(22)16(23)11-14/h2,4-5,7-8,10-11,17H,3,6,9H2,1H3,(H,24,29)(H,25,30)/t17-/m1/s1. The second-order valence-corrected chi connectivity index (χ2v) is 8.19. The average molecular weight is 443 g/mol. The number of rotatable bonds is 4. The van der Waals surface area contributed by atoms with E-state index in [0.717, 1.165) is 35.5 Å². The Morgan fingerprint density at radius 2 is 1.87 bits per heavy atom. The van der Waals surface area contributed by atoms with Gasteiger partial charge in [0.2, 0.25) is 5.01 Å². The first-order valence-corrected chi connectivity index (χ1v) is 10.5. The van der Waals surface area contributed by atoms with Gasteiger partial charge in [-0.05, 0) is 49.6 Å². The zero-order valence-corrected chi connectivity index (χ0v) is 17.4. The molecule has 0 spiro atoms. The summed E-state index contributed by atoms with van der Waals surface area (Å²) in [6.07, 6.45) is 1.52. The second kappa shape index (κ2) is 8.76. The number of benzene rings is 2. The van der Waals surface area contributed by atoms with Gasteiger partial charge in [0.15, 0.2) is 11.6 Å². The molecule has 1 atom stereocenters. The Kier molecular flexibility index (Phi) is 5.90. The Morgan fingerprint density at radius 3 is 2.65 bits per heavy atom. The van der Waals surface area contributed by atoms with Crippen LogP contribution in [-0.4, -0.2) is 33.6 Å². The van der Waals surface area contributed by atoms with E-state index in [-0.39, 0.29) is 22.8 Å². The first-order chi connectivity index (χ1) is 14.9. The van der Waals surface area contributed by atoms with E-state index in [1.807, 2.05) is 31.2 Å². The summed E-state index contributed by atoms with van der Waals surface area (Å²) >= 11 is 1.07. The molecule has 1 saturated heterocycles. The SMILES string of the molecule is Cc1cccc(NC(=O)N2CCC[C@@H]2c2nnc(C(=O)Nc3ccc(F)c(F)c3)s2)c1. The molecule has 2 aromatic carbocycles. The topological polar surface area (TPSA) is 87.2 Å². The third kappa shape index (κ3) is 4.69. The van der Waals surface area contributed by atoms with E-state index >= 15 is 0 Å². The molecule has 2 N–H and O–H groups in total. The van der Waals surface area contributed by atoms with Crippen LogP contribution in [0.3, 0.4) is 0 Å². The van der Waals surface area contributed by atoms with Crippen LogP contribution in [0.1, 0.15) is 39.3 Å². The quantitative estimate of drug-likeness (QED) is 0.609. The number of hydrogen-bond acceptors (Lipinski definition) is 5. The Hall–Kier alpha value is -3.40. The van der Waals surface area contributed by atoms with E-state index in [9.17, 15) is 18.4 Å². The number of carbonyl (C=O) groups excluding carboxylic acids is 2. The molecule has 0 bridgehead atoms. The average Bonchev–Trinajstić information content (AvgIpc) is 3.40. The van der Waals surface area contributed by atoms with Crippen LogP contribution in [-0.2, 0) is 0 Å². The highest BCUT2D eigenvalue weighted by atomic mass is 32.1. The number of halogens is 2. The minimum absolute atomic E-state index is 0.0747. The number of nitrogens with zero attached hydrogens (tertiary/aromatic N) is 3. The molecule has 7 nitrogen and oxygen atoms in total. The van der Waals surface area contributed by atoms with Gasteiger partial charge in [0, 0.05) is 24.0 Å². The molecule has 4 rings (SSSR count). The summed E-state index contributed by atoms with van der Waals surface area (Å²) in [7, 11) is 0. The van der Waals surface area contributed by atoms with Crippen LogP contribution in [0, 0.1) is 18.6 Å². The number of likely N-dealkylation sites (tertiary alicyclic amines) is 1. The number of nitrogens with one attached hydrogen (secondary N) is 2. The van der Waals surface area contributed by atoms with Gasteiger partial charge in [0.1, 0.15) is 5.01 Å². The number of carbonyl (C=O) groups is 2. The van der Waals surface area contributed by atoms with E-state index in [4.69, 9.17) is 0 Å². The Balaban J connectivity index is 1.45. The second-order valence-electron chi connectivity index (χ2n) is 7.18. The number of hydrogen-bond donors (Lipinski definition) is 2. The number of amides is 3. The van der Waals surface area contributed by atoms with Crippen LogP contribution in [0.15, 0.2) is 42.5 Å². The molecule has 3 amide bonds. The summed E-state index contributed by atoms with van der Waals surface area (Å²) in [5, 5.41) is 14.0. The maximum Gasteiger partial charge on any atom is 0.322 e. The normalized spacial score (nSPS) is 15.7. The molecule has 0 radical (unpaired) electrons. The van der Waals surface area contributed by atoms with E-state index < -0.39 is 17.5 Å². The molecule has 0 aliphatic carbocycles. The predicted molar refractivity (Wildman–Crippen MR) is 113 cm³/mol. The summed E-state index contributed by atoms with van der Waals surface area (Å²) in [5.41, 5.74) is 1.86. The van der Waals surface area contributed by atoms with Gasteiger partial charge in [-0.3, -0.25) is 4.79 Å². The molecule has 2 heterocycles. The van der Waals surface area contributed by atoms with Crippen LogP contribution < -0.4 is 10.6 Å². The van der Waals surface area contributed by atoms with Gasteiger partial charge in [0.25, 0.3) is 5.91 Å². The smallest absolute Gasteiger partial charge is 0.320 e.